The minimum Gasteiger partial charge on any atom is -0.477 e. The van der Waals surface area contributed by atoms with Gasteiger partial charge in [-0.3, -0.25) is 0 Å². The molecule has 0 bridgehead atoms. The molecule has 86 valence electrons. The van der Waals surface area contributed by atoms with Gasteiger partial charge in [0.05, 0.1) is 0 Å². The Morgan fingerprint density at radius 2 is 2.12 bits per heavy atom. The molecule has 2 rings (SSSR count). The van der Waals surface area contributed by atoms with Gasteiger partial charge < -0.3 is 10.0 Å². The first-order valence-corrected chi connectivity index (χ1v) is 5.57. The fraction of sp³-hybridized carbons (Fsp3) is 0.545. The maximum atomic E-state index is 10.9. The van der Waals surface area contributed by atoms with Crippen LogP contribution < -0.4 is 4.90 Å². The molecule has 0 spiro atoms. The lowest BCUT2D eigenvalue weighted by Gasteiger charge is -2.17. The highest BCUT2D eigenvalue weighted by Gasteiger charge is 2.17. The first-order chi connectivity index (χ1) is 7.70. The highest BCUT2D eigenvalue weighted by Crippen LogP contribution is 2.18. The third kappa shape index (κ3) is 2.13. The molecule has 0 radical (unpaired) electrons. The van der Waals surface area contributed by atoms with E-state index in [1.807, 2.05) is 6.92 Å². The van der Waals surface area contributed by atoms with Gasteiger partial charge in [0.1, 0.15) is 11.6 Å². The molecule has 0 aliphatic carbocycles. The Morgan fingerprint density at radius 3 is 2.69 bits per heavy atom. The van der Waals surface area contributed by atoms with E-state index in [0.717, 1.165) is 31.7 Å². The smallest absolute Gasteiger partial charge is 0.354 e. The first kappa shape index (κ1) is 10.9. The fourth-order valence-corrected chi connectivity index (χ4v) is 1.86. The van der Waals surface area contributed by atoms with Crippen molar-refractivity contribution in [2.75, 3.05) is 18.0 Å². The Labute approximate surface area is 94.1 Å². The number of hydrogen-bond donors (Lipinski definition) is 1. The third-order valence-corrected chi connectivity index (χ3v) is 2.72. The number of hydrogen-bond acceptors (Lipinski definition) is 4. The summed E-state index contributed by atoms with van der Waals surface area (Å²) < 4.78 is 0. The van der Waals surface area contributed by atoms with Gasteiger partial charge in [-0.2, -0.15) is 0 Å². The lowest BCUT2D eigenvalue weighted by atomic mass is 10.3. The highest BCUT2D eigenvalue weighted by molar-refractivity contribution is 5.86. The lowest BCUT2D eigenvalue weighted by molar-refractivity contribution is 0.0690. The van der Waals surface area contributed by atoms with E-state index < -0.39 is 5.97 Å². The van der Waals surface area contributed by atoms with E-state index in [2.05, 4.69) is 14.9 Å². The second-order valence-corrected chi connectivity index (χ2v) is 3.88. The second kappa shape index (κ2) is 4.47. The van der Waals surface area contributed by atoms with Crippen LogP contribution in [0.3, 0.4) is 0 Å². The van der Waals surface area contributed by atoms with Crippen LogP contribution in [0.25, 0.3) is 0 Å². The van der Waals surface area contributed by atoms with Gasteiger partial charge >= 0.3 is 5.97 Å². The Bertz CT molecular complexity index is 400. The van der Waals surface area contributed by atoms with Crippen molar-refractivity contribution in [2.24, 2.45) is 0 Å². The monoisotopic (exact) mass is 221 g/mol. The van der Waals surface area contributed by atoms with Crippen molar-refractivity contribution in [3.63, 3.8) is 0 Å². The average Bonchev–Trinajstić information content (AvgIpc) is 2.81. The number of carbonyl (C=O) groups is 1. The van der Waals surface area contributed by atoms with Gasteiger partial charge in [-0.1, -0.05) is 6.92 Å². The number of anilines is 1. The van der Waals surface area contributed by atoms with Crippen molar-refractivity contribution in [2.45, 2.75) is 26.2 Å². The largest absolute Gasteiger partial charge is 0.477 e. The summed E-state index contributed by atoms with van der Waals surface area (Å²) in [6.45, 7) is 3.84. The molecule has 0 amide bonds. The quantitative estimate of drug-likeness (QED) is 0.834. The van der Waals surface area contributed by atoms with Crippen LogP contribution in [0.4, 0.5) is 5.82 Å². The summed E-state index contributed by atoms with van der Waals surface area (Å²) in [5.74, 6) is 0.362. The molecule has 0 aromatic carbocycles. The Hall–Kier alpha value is -1.65. The molecule has 0 unspecified atom stereocenters. The molecular formula is C11H15N3O2. The van der Waals surface area contributed by atoms with Gasteiger partial charge in [0, 0.05) is 25.6 Å². The molecule has 1 aliphatic rings. The molecule has 0 atom stereocenters. The molecule has 1 fully saturated rings. The van der Waals surface area contributed by atoms with Crippen LogP contribution in [-0.2, 0) is 6.42 Å². The standard InChI is InChI=1S/C11H15N3O2/c1-2-9-12-8(11(15)16)7-10(13-9)14-5-3-4-6-14/h7H,2-6H2,1H3,(H,15,16). The maximum Gasteiger partial charge on any atom is 0.354 e. The number of carboxylic acids is 1. The third-order valence-electron chi connectivity index (χ3n) is 2.72. The summed E-state index contributed by atoms with van der Waals surface area (Å²) in [5.41, 5.74) is 0.0914. The fourth-order valence-electron chi connectivity index (χ4n) is 1.86. The predicted octanol–water partition coefficient (Wildman–Crippen LogP) is 1.34. The zero-order chi connectivity index (χ0) is 11.5. The number of carboxylic acid groups (broad SMARTS) is 1. The van der Waals surface area contributed by atoms with Crippen molar-refractivity contribution in [3.8, 4) is 0 Å². The van der Waals surface area contributed by atoms with Gasteiger partial charge in [-0.25, -0.2) is 14.8 Å². The summed E-state index contributed by atoms with van der Waals surface area (Å²) in [6, 6.07) is 1.56. The number of nitrogens with zero attached hydrogens (tertiary/aromatic N) is 3. The molecule has 5 nitrogen and oxygen atoms in total. The normalized spacial score (nSPS) is 15.4. The van der Waals surface area contributed by atoms with Gasteiger partial charge in [0.2, 0.25) is 0 Å². The molecule has 1 N–H and O–H groups in total. The van der Waals surface area contributed by atoms with Crippen molar-refractivity contribution < 1.29 is 9.90 Å². The molecule has 1 saturated heterocycles. The topological polar surface area (TPSA) is 66.3 Å². The first-order valence-electron chi connectivity index (χ1n) is 5.57. The van der Waals surface area contributed by atoms with Crippen molar-refractivity contribution in [1.29, 1.82) is 0 Å². The van der Waals surface area contributed by atoms with E-state index in [1.165, 1.54) is 0 Å². The predicted molar refractivity (Wildman–Crippen MR) is 59.8 cm³/mol. The Morgan fingerprint density at radius 1 is 1.44 bits per heavy atom. The molecule has 0 saturated carbocycles. The SMILES string of the molecule is CCc1nc(C(=O)O)cc(N2CCCC2)n1. The van der Waals surface area contributed by atoms with E-state index in [4.69, 9.17) is 5.11 Å². The van der Waals surface area contributed by atoms with Gasteiger partial charge in [0.25, 0.3) is 0 Å². The van der Waals surface area contributed by atoms with Crippen LogP contribution in [0.15, 0.2) is 6.07 Å². The van der Waals surface area contributed by atoms with Crippen molar-refractivity contribution >= 4 is 11.8 Å². The van der Waals surface area contributed by atoms with E-state index in [9.17, 15) is 4.79 Å². The van der Waals surface area contributed by atoms with Gasteiger partial charge in [0.15, 0.2) is 5.69 Å². The minimum absolute atomic E-state index is 0.0914. The molecular weight excluding hydrogens is 206 g/mol. The van der Waals surface area contributed by atoms with Crippen LogP contribution in [-0.4, -0.2) is 34.1 Å². The zero-order valence-electron chi connectivity index (χ0n) is 9.31. The summed E-state index contributed by atoms with van der Waals surface area (Å²) in [5, 5.41) is 8.96. The summed E-state index contributed by atoms with van der Waals surface area (Å²) in [4.78, 5) is 21.4. The number of aromatic nitrogens is 2. The van der Waals surface area contributed by atoms with Gasteiger partial charge in [-0.15, -0.1) is 0 Å². The summed E-state index contributed by atoms with van der Waals surface area (Å²) in [7, 11) is 0. The number of rotatable bonds is 3. The van der Waals surface area contributed by atoms with Crippen LogP contribution in [0.5, 0.6) is 0 Å². The van der Waals surface area contributed by atoms with E-state index in [0.29, 0.717) is 12.2 Å². The molecule has 5 heteroatoms. The zero-order valence-corrected chi connectivity index (χ0v) is 9.31. The lowest BCUT2D eigenvalue weighted by Crippen LogP contribution is -2.21. The minimum atomic E-state index is -0.988. The van der Waals surface area contributed by atoms with Crippen molar-refractivity contribution in [1.82, 2.24) is 9.97 Å². The molecule has 1 aromatic rings. The van der Waals surface area contributed by atoms with Crippen LogP contribution in [0.1, 0.15) is 36.1 Å². The maximum absolute atomic E-state index is 10.9. The average molecular weight is 221 g/mol. The second-order valence-electron chi connectivity index (χ2n) is 3.88. The number of aryl methyl sites for hydroxylation is 1. The molecule has 1 aliphatic heterocycles. The van der Waals surface area contributed by atoms with E-state index in [1.54, 1.807) is 6.07 Å². The van der Waals surface area contributed by atoms with E-state index >= 15 is 0 Å². The van der Waals surface area contributed by atoms with E-state index in [-0.39, 0.29) is 5.69 Å². The summed E-state index contributed by atoms with van der Waals surface area (Å²) in [6.07, 6.45) is 2.95. The summed E-state index contributed by atoms with van der Waals surface area (Å²) >= 11 is 0. The molecule has 16 heavy (non-hydrogen) atoms. The van der Waals surface area contributed by atoms with Crippen molar-refractivity contribution in [3.05, 3.63) is 17.6 Å². The van der Waals surface area contributed by atoms with Crippen LogP contribution in [0, 0.1) is 0 Å². The van der Waals surface area contributed by atoms with Crippen LogP contribution >= 0.6 is 0 Å². The Balaban J connectivity index is 2.35. The number of aromatic carboxylic acids is 1. The Kier molecular flexibility index (Phi) is 3.03. The molecule has 1 aromatic heterocycles. The highest BCUT2D eigenvalue weighted by atomic mass is 16.4. The van der Waals surface area contributed by atoms with Gasteiger partial charge in [-0.05, 0) is 12.8 Å². The van der Waals surface area contributed by atoms with Crippen LogP contribution in [0.2, 0.25) is 0 Å². The molecule has 2 heterocycles.